The zero-order chi connectivity index (χ0) is 15.0. The number of H-pyrrole nitrogens is 1. The van der Waals surface area contributed by atoms with Crippen molar-refractivity contribution in [1.29, 1.82) is 0 Å². The molecule has 1 amide bonds. The van der Waals surface area contributed by atoms with E-state index in [0.29, 0.717) is 12.2 Å². The molecule has 5 nitrogen and oxygen atoms in total. The number of carbonyl (C=O) groups excluding carboxylic acids is 1. The predicted molar refractivity (Wildman–Crippen MR) is 82.7 cm³/mol. The molecule has 0 saturated heterocycles. The van der Waals surface area contributed by atoms with Crippen molar-refractivity contribution >= 4 is 17.3 Å². The first-order valence-electron chi connectivity index (χ1n) is 6.97. The highest BCUT2D eigenvalue weighted by Crippen LogP contribution is 2.31. The third-order valence-electron chi connectivity index (χ3n) is 3.82. The first-order chi connectivity index (χ1) is 10.1. The summed E-state index contributed by atoms with van der Waals surface area (Å²) in [5.74, 6) is -0.275. The summed E-state index contributed by atoms with van der Waals surface area (Å²) in [4.78, 5) is 29.0. The van der Waals surface area contributed by atoms with E-state index in [0.717, 1.165) is 29.8 Å². The minimum absolute atomic E-state index is 0.163. The number of rotatable bonds is 1. The molecule has 1 aromatic carbocycles. The van der Waals surface area contributed by atoms with Crippen molar-refractivity contribution in [1.82, 2.24) is 4.98 Å². The van der Waals surface area contributed by atoms with E-state index < -0.39 is 0 Å². The molecule has 0 spiro atoms. The molecular formula is C16H17N3O2. The molecule has 0 unspecified atom stereocenters. The number of hydrogen-bond donors (Lipinski definition) is 2. The largest absolute Gasteiger partial charge is 0.398 e. The lowest BCUT2D eigenvalue weighted by Crippen LogP contribution is -2.38. The lowest BCUT2D eigenvalue weighted by atomic mass is 9.99. The average molecular weight is 283 g/mol. The Morgan fingerprint density at radius 3 is 2.86 bits per heavy atom. The first kappa shape index (κ1) is 13.4. The third kappa shape index (κ3) is 2.31. The van der Waals surface area contributed by atoms with Gasteiger partial charge < -0.3 is 15.6 Å². The summed E-state index contributed by atoms with van der Waals surface area (Å²) < 4.78 is 0. The molecule has 0 saturated carbocycles. The van der Waals surface area contributed by atoms with E-state index in [9.17, 15) is 9.59 Å². The number of nitrogens with zero attached hydrogens (tertiary/aromatic N) is 1. The van der Waals surface area contributed by atoms with Crippen LogP contribution < -0.4 is 16.2 Å². The Bertz CT molecular complexity index is 764. The van der Waals surface area contributed by atoms with Crippen LogP contribution in [0.4, 0.5) is 11.4 Å². The number of amides is 1. The molecule has 108 valence electrons. The van der Waals surface area contributed by atoms with E-state index in [1.165, 1.54) is 0 Å². The fourth-order valence-corrected chi connectivity index (χ4v) is 2.75. The summed E-state index contributed by atoms with van der Waals surface area (Å²) in [7, 11) is 0. The van der Waals surface area contributed by atoms with Crippen molar-refractivity contribution in [3.05, 3.63) is 57.5 Å². The number of carbonyl (C=O) groups is 1. The number of pyridine rings is 1. The topological polar surface area (TPSA) is 79.2 Å². The highest BCUT2D eigenvalue weighted by atomic mass is 16.2. The van der Waals surface area contributed by atoms with E-state index in [-0.39, 0.29) is 17.0 Å². The van der Waals surface area contributed by atoms with Gasteiger partial charge in [0.1, 0.15) is 5.56 Å². The minimum atomic E-state index is -0.351. The number of aromatic amines is 1. The van der Waals surface area contributed by atoms with Gasteiger partial charge in [0.15, 0.2) is 0 Å². The van der Waals surface area contributed by atoms with Gasteiger partial charge in [-0.15, -0.1) is 0 Å². The van der Waals surface area contributed by atoms with Gasteiger partial charge >= 0.3 is 0 Å². The molecule has 5 heteroatoms. The molecule has 21 heavy (non-hydrogen) atoms. The number of aromatic nitrogens is 1. The number of anilines is 2. The first-order valence-corrected chi connectivity index (χ1v) is 6.97. The summed E-state index contributed by atoms with van der Waals surface area (Å²) in [6.45, 7) is 2.38. The van der Waals surface area contributed by atoms with Gasteiger partial charge in [-0.1, -0.05) is 6.07 Å². The van der Waals surface area contributed by atoms with Gasteiger partial charge in [-0.3, -0.25) is 9.59 Å². The van der Waals surface area contributed by atoms with Crippen molar-refractivity contribution in [3.63, 3.8) is 0 Å². The lowest BCUT2D eigenvalue weighted by Gasteiger charge is -2.30. The van der Waals surface area contributed by atoms with E-state index in [4.69, 9.17) is 5.73 Å². The number of hydrogen-bond acceptors (Lipinski definition) is 3. The number of aryl methyl sites for hydroxylation is 1. The maximum atomic E-state index is 12.7. The molecule has 0 bridgehead atoms. The van der Waals surface area contributed by atoms with Gasteiger partial charge in [0, 0.05) is 23.6 Å². The van der Waals surface area contributed by atoms with Crippen LogP contribution in [0.15, 0.2) is 35.1 Å². The summed E-state index contributed by atoms with van der Waals surface area (Å²) >= 11 is 0. The van der Waals surface area contributed by atoms with Crippen molar-refractivity contribution in [2.45, 2.75) is 19.8 Å². The van der Waals surface area contributed by atoms with Gasteiger partial charge in [-0.05, 0) is 49.6 Å². The molecule has 0 atom stereocenters. The van der Waals surface area contributed by atoms with E-state index in [1.807, 2.05) is 18.2 Å². The number of nitrogens with two attached hydrogens (primary N) is 1. The Morgan fingerprint density at radius 2 is 2.10 bits per heavy atom. The van der Waals surface area contributed by atoms with Gasteiger partial charge in [-0.2, -0.15) is 0 Å². The molecule has 3 N–H and O–H groups in total. The van der Waals surface area contributed by atoms with Gasteiger partial charge in [0.05, 0.1) is 0 Å². The van der Waals surface area contributed by atoms with Crippen molar-refractivity contribution in [2.75, 3.05) is 17.2 Å². The molecular weight excluding hydrogens is 266 g/mol. The normalized spacial score (nSPS) is 13.9. The van der Waals surface area contributed by atoms with Crippen LogP contribution >= 0.6 is 0 Å². The summed E-state index contributed by atoms with van der Waals surface area (Å²) in [6.07, 6.45) is 1.70. The van der Waals surface area contributed by atoms with Crippen molar-refractivity contribution in [3.8, 4) is 0 Å². The second kappa shape index (κ2) is 5.09. The third-order valence-corrected chi connectivity index (χ3v) is 3.82. The SMILES string of the molecule is Cc1ccc(C(=O)N2CCCc3c(N)cccc32)c(=O)[nH]1. The Balaban J connectivity index is 2.04. The Kier molecular flexibility index (Phi) is 3.25. The van der Waals surface area contributed by atoms with Crippen LogP contribution in [-0.4, -0.2) is 17.4 Å². The Labute approximate surface area is 122 Å². The fraction of sp³-hybridized carbons (Fsp3) is 0.250. The number of fused-ring (bicyclic) bond motifs is 1. The van der Waals surface area contributed by atoms with Crippen LogP contribution in [-0.2, 0) is 6.42 Å². The standard InChI is InChI=1S/C16H17N3O2/c1-10-7-8-12(15(20)18-10)16(21)19-9-3-4-11-13(17)5-2-6-14(11)19/h2,5-8H,3-4,9,17H2,1H3,(H,18,20). The average Bonchev–Trinajstić information content (AvgIpc) is 2.46. The molecule has 3 rings (SSSR count). The van der Waals surface area contributed by atoms with E-state index in [1.54, 1.807) is 24.0 Å². The quantitative estimate of drug-likeness (QED) is 0.784. The van der Waals surface area contributed by atoms with Gasteiger partial charge in [-0.25, -0.2) is 0 Å². The summed E-state index contributed by atoms with van der Waals surface area (Å²) in [6, 6.07) is 8.87. The minimum Gasteiger partial charge on any atom is -0.398 e. The Morgan fingerprint density at radius 1 is 1.29 bits per heavy atom. The fourth-order valence-electron chi connectivity index (χ4n) is 2.75. The monoisotopic (exact) mass is 283 g/mol. The van der Waals surface area contributed by atoms with Gasteiger partial charge in [0.2, 0.25) is 0 Å². The molecule has 1 aliphatic rings. The molecule has 2 heterocycles. The van der Waals surface area contributed by atoms with Crippen LogP contribution in [0.1, 0.15) is 28.0 Å². The predicted octanol–water partition coefficient (Wildman–Crippen LogP) is 1.86. The van der Waals surface area contributed by atoms with E-state index >= 15 is 0 Å². The van der Waals surface area contributed by atoms with Crippen LogP contribution in [0.25, 0.3) is 0 Å². The zero-order valence-electron chi connectivity index (χ0n) is 11.8. The van der Waals surface area contributed by atoms with Crippen LogP contribution in [0.3, 0.4) is 0 Å². The van der Waals surface area contributed by atoms with Gasteiger partial charge in [0.25, 0.3) is 11.5 Å². The Hall–Kier alpha value is -2.56. The van der Waals surface area contributed by atoms with Crippen LogP contribution in [0.2, 0.25) is 0 Å². The van der Waals surface area contributed by atoms with Crippen molar-refractivity contribution < 1.29 is 4.79 Å². The summed E-state index contributed by atoms with van der Waals surface area (Å²) in [5.41, 5.74) is 9.03. The number of nitrogens with one attached hydrogen (secondary N) is 1. The zero-order valence-corrected chi connectivity index (χ0v) is 11.8. The van der Waals surface area contributed by atoms with E-state index in [2.05, 4.69) is 4.98 Å². The molecule has 1 aliphatic heterocycles. The lowest BCUT2D eigenvalue weighted by molar-refractivity contribution is 0.0983. The summed E-state index contributed by atoms with van der Waals surface area (Å²) in [5, 5.41) is 0. The molecule has 0 aliphatic carbocycles. The molecule has 0 radical (unpaired) electrons. The molecule has 2 aromatic rings. The molecule has 1 aromatic heterocycles. The maximum absolute atomic E-state index is 12.7. The van der Waals surface area contributed by atoms with Crippen LogP contribution in [0, 0.1) is 6.92 Å². The highest BCUT2D eigenvalue weighted by Gasteiger charge is 2.26. The number of nitrogen functional groups attached to an aromatic ring is 1. The van der Waals surface area contributed by atoms with Crippen molar-refractivity contribution in [2.24, 2.45) is 0 Å². The second-order valence-electron chi connectivity index (χ2n) is 5.29. The number of benzene rings is 1. The highest BCUT2D eigenvalue weighted by molar-refractivity contribution is 6.06. The smallest absolute Gasteiger partial charge is 0.263 e. The van der Waals surface area contributed by atoms with Crippen LogP contribution in [0.5, 0.6) is 0 Å². The second-order valence-corrected chi connectivity index (χ2v) is 5.29. The maximum Gasteiger partial charge on any atom is 0.263 e. The molecule has 0 fully saturated rings.